The molecule has 1 aliphatic rings. The van der Waals surface area contributed by atoms with Crippen molar-refractivity contribution in [1.82, 2.24) is 10.6 Å². The van der Waals surface area contributed by atoms with Gasteiger partial charge in [0.2, 0.25) is 5.91 Å². The molecule has 0 bridgehead atoms. The third-order valence-electron chi connectivity index (χ3n) is 2.16. The van der Waals surface area contributed by atoms with Crippen LogP contribution in [0.25, 0.3) is 0 Å². The monoisotopic (exact) mass is 184 g/mol. The molecule has 2 atom stereocenters. The van der Waals surface area contributed by atoms with Gasteiger partial charge in [-0.1, -0.05) is 6.08 Å². The van der Waals surface area contributed by atoms with Crippen molar-refractivity contribution in [3.63, 3.8) is 0 Å². The van der Waals surface area contributed by atoms with Crippen molar-refractivity contribution in [3.8, 4) is 0 Å². The Kier molecular flexibility index (Phi) is 3.92. The summed E-state index contributed by atoms with van der Waals surface area (Å²) in [6, 6.07) is -0.107. The molecule has 0 radical (unpaired) electrons. The van der Waals surface area contributed by atoms with Crippen LogP contribution in [0.3, 0.4) is 0 Å². The van der Waals surface area contributed by atoms with Crippen molar-refractivity contribution >= 4 is 5.91 Å². The van der Waals surface area contributed by atoms with Crippen molar-refractivity contribution in [2.75, 3.05) is 20.2 Å². The second-order valence-electron chi connectivity index (χ2n) is 3.09. The summed E-state index contributed by atoms with van der Waals surface area (Å²) in [5.74, 6) is 0.0273. The maximum absolute atomic E-state index is 11.4. The second-order valence-corrected chi connectivity index (χ2v) is 3.09. The molecule has 2 N–H and O–H groups in total. The average Bonchev–Trinajstić information content (AvgIpc) is 2.62. The minimum absolute atomic E-state index is 0.0273. The number of methoxy groups -OCH3 is 1. The summed E-state index contributed by atoms with van der Waals surface area (Å²) >= 11 is 0. The normalized spacial score (nSPS) is 27.2. The first-order chi connectivity index (χ1) is 6.27. The van der Waals surface area contributed by atoms with E-state index in [0.29, 0.717) is 6.54 Å². The number of hydrogen-bond donors (Lipinski definition) is 2. The van der Waals surface area contributed by atoms with Gasteiger partial charge in [-0.25, -0.2) is 0 Å². The molecule has 0 spiro atoms. The second kappa shape index (κ2) is 4.99. The van der Waals surface area contributed by atoms with Gasteiger partial charge in [0.1, 0.15) is 0 Å². The lowest BCUT2D eigenvalue weighted by molar-refractivity contribution is -0.122. The van der Waals surface area contributed by atoms with Gasteiger partial charge >= 0.3 is 0 Å². The number of amides is 1. The van der Waals surface area contributed by atoms with Crippen molar-refractivity contribution in [1.29, 1.82) is 0 Å². The molecule has 1 aliphatic heterocycles. The number of ether oxygens (including phenoxy) is 1. The Bertz CT molecular complexity index is 194. The van der Waals surface area contributed by atoms with E-state index in [1.807, 2.05) is 0 Å². The van der Waals surface area contributed by atoms with Crippen LogP contribution in [0.2, 0.25) is 0 Å². The number of rotatable bonds is 4. The molecule has 0 aromatic rings. The lowest BCUT2D eigenvalue weighted by Gasteiger charge is -2.09. The Morgan fingerprint density at radius 2 is 2.62 bits per heavy atom. The zero-order chi connectivity index (χ0) is 9.68. The minimum atomic E-state index is -0.107. The fourth-order valence-corrected chi connectivity index (χ4v) is 1.38. The van der Waals surface area contributed by atoms with Gasteiger partial charge in [-0.05, 0) is 6.42 Å². The maximum Gasteiger partial charge on any atom is 0.237 e. The largest absolute Gasteiger partial charge is 0.380 e. The van der Waals surface area contributed by atoms with Gasteiger partial charge in [-0.2, -0.15) is 0 Å². The highest BCUT2D eigenvalue weighted by Crippen LogP contribution is 2.08. The van der Waals surface area contributed by atoms with Crippen LogP contribution >= 0.6 is 0 Å². The molecule has 0 aromatic heterocycles. The Labute approximate surface area is 78.3 Å². The number of carbonyl (C=O) groups excluding carboxylic acids is 1. The summed E-state index contributed by atoms with van der Waals surface area (Å²) in [4.78, 5) is 11.4. The van der Waals surface area contributed by atoms with Crippen LogP contribution in [0.4, 0.5) is 0 Å². The fraction of sp³-hybridized carbons (Fsp3) is 0.667. The van der Waals surface area contributed by atoms with E-state index in [4.69, 9.17) is 4.74 Å². The fourth-order valence-electron chi connectivity index (χ4n) is 1.38. The van der Waals surface area contributed by atoms with Gasteiger partial charge in [-0.15, -0.1) is 6.58 Å². The first-order valence-corrected chi connectivity index (χ1v) is 4.42. The molecule has 1 saturated heterocycles. The third kappa shape index (κ3) is 2.82. The number of nitrogens with one attached hydrogen (secondary N) is 2. The molecular formula is C9H16N2O2. The van der Waals surface area contributed by atoms with E-state index in [-0.39, 0.29) is 18.1 Å². The predicted molar refractivity (Wildman–Crippen MR) is 50.4 cm³/mol. The Morgan fingerprint density at radius 3 is 3.15 bits per heavy atom. The van der Waals surface area contributed by atoms with Gasteiger partial charge in [0.25, 0.3) is 0 Å². The first kappa shape index (κ1) is 10.2. The Balaban J connectivity index is 2.28. The maximum atomic E-state index is 11.4. The summed E-state index contributed by atoms with van der Waals surface area (Å²) in [6.07, 6.45) is 2.58. The summed E-state index contributed by atoms with van der Waals surface area (Å²) in [5.41, 5.74) is 0. The van der Waals surface area contributed by atoms with Crippen LogP contribution in [0.15, 0.2) is 12.7 Å². The van der Waals surface area contributed by atoms with Crippen molar-refractivity contribution in [3.05, 3.63) is 12.7 Å². The number of hydrogen-bond acceptors (Lipinski definition) is 3. The van der Waals surface area contributed by atoms with E-state index >= 15 is 0 Å². The summed E-state index contributed by atoms with van der Waals surface area (Å²) < 4.78 is 5.13. The third-order valence-corrected chi connectivity index (χ3v) is 2.16. The van der Waals surface area contributed by atoms with Gasteiger partial charge < -0.3 is 15.4 Å². The SMILES string of the molecule is C=CCNC(=O)C1CC(OC)CN1. The van der Waals surface area contributed by atoms with Crippen LogP contribution in [-0.4, -0.2) is 38.3 Å². The highest BCUT2D eigenvalue weighted by molar-refractivity contribution is 5.82. The molecule has 1 heterocycles. The lowest BCUT2D eigenvalue weighted by Crippen LogP contribution is -2.40. The summed E-state index contributed by atoms with van der Waals surface area (Å²) in [6.45, 7) is 4.81. The van der Waals surface area contributed by atoms with E-state index in [1.54, 1.807) is 13.2 Å². The zero-order valence-corrected chi connectivity index (χ0v) is 7.88. The Morgan fingerprint density at radius 1 is 1.85 bits per heavy atom. The molecule has 0 saturated carbocycles. The molecule has 74 valence electrons. The van der Waals surface area contributed by atoms with Crippen LogP contribution in [0.1, 0.15) is 6.42 Å². The Hall–Kier alpha value is -0.870. The molecule has 4 heteroatoms. The van der Waals surface area contributed by atoms with E-state index in [0.717, 1.165) is 13.0 Å². The van der Waals surface area contributed by atoms with Crippen molar-refractivity contribution in [2.45, 2.75) is 18.6 Å². The summed E-state index contributed by atoms with van der Waals surface area (Å²) in [5, 5.41) is 5.84. The average molecular weight is 184 g/mol. The molecular weight excluding hydrogens is 168 g/mol. The van der Waals surface area contributed by atoms with Gasteiger partial charge in [0.15, 0.2) is 0 Å². The molecule has 2 unspecified atom stereocenters. The van der Waals surface area contributed by atoms with Gasteiger partial charge in [0, 0.05) is 20.2 Å². The number of carbonyl (C=O) groups is 1. The predicted octanol–water partition coefficient (Wildman–Crippen LogP) is -0.334. The molecule has 0 aliphatic carbocycles. The highest BCUT2D eigenvalue weighted by Gasteiger charge is 2.28. The first-order valence-electron chi connectivity index (χ1n) is 4.42. The van der Waals surface area contributed by atoms with Gasteiger partial charge in [0.05, 0.1) is 12.1 Å². The van der Waals surface area contributed by atoms with Crippen LogP contribution in [0, 0.1) is 0 Å². The lowest BCUT2D eigenvalue weighted by atomic mass is 10.2. The molecule has 0 aromatic carbocycles. The van der Waals surface area contributed by atoms with Crippen LogP contribution in [-0.2, 0) is 9.53 Å². The molecule has 13 heavy (non-hydrogen) atoms. The van der Waals surface area contributed by atoms with E-state index in [2.05, 4.69) is 17.2 Å². The highest BCUT2D eigenvalue weighted by atomic mass is 16.5. The van der Waals surface area contributed by atoms with Crippen molar-refractivity contribution in [2.24, 2.45) is 0 Å². The van der Waals surface area contributed by atoms with Crippen LogP contribution in [0.5, 0.6) is 0 Å². The topological polar surface area (TPSA) is 50.4 Å². The molecule has 1 fully saturated rings. The van der Waals surface area contributed by atoms with Gasteiger partial charge in [-0.3, -0.25) is 4.79 Å². The van der Waals surface area contributed by atoms with E-state index < -0.39 is 0 Å². The quantitative estimate of drug-likeness (QED) is 0.588. The van der Waals surface area contributed by atoms with E-state index in [9.17, 15) is 4.79 Å². The smallest absolute Gasteiger partial charge is 0.237 e. The summed E-state index contributed by atoms with van der Waals surface area (Å²) in [7, 11) is 1.66. The minimum Gasteiger partial charge on any atom is -0.380 e. The van der Waals surface area contributed by atoms with Crippen molar-refractivity contribution < 1.29 is 9.53 Å². The molecule has 1 rings (SSSR count). The van der Waals surface area contributed by atoms with E-state index in [1.165, 1.54) is 0 Å². The molecule has 4 nitrogen and oxygen atoms in total. The standard InChI is InChI=1S/C9H16N2O2/c1-3-4-10-9(12)8-5-7(13-2)6-11-8/h3,7-8,11H,1,4-6H2,2H3,(H,10,12). The zero-order valence-electron chi connectivity index (χ0n) is 7.88. The van der Waals surface area contributed by atoms with Crippen LogP contribution < -0.4 is 10.6 Å². The molecule has 1 amide bonds.